The van der Waals surface area contributed by atoms with E-state index in [1.165, 1.54) is 6.07 Å². The van der Waals surface area contributed by atoms with Crippen LogP contribution in [0, 0.1) is 24.4 Å². The molecule has 0 aliphatic heterocycles. The molecule has 0 amide bonds. The lowest BCUT2D eigenvalue weighted by Crippen LogP contribution is -2.11. The van der Waals surface area contributed by atoms with Crippen LogP contribution in [-0.4, -0.2) is 0 Å². The van der Waals surface area contributed by atoms with Gasteiger partial charge >= 0.3 is 0 Å². The number of hydrogen-bond donors (Lipinski definition) is 1. The molecule has 1 atom stereocenters. The summed E-state index contributed by atoms with van der Waals surface area (Å²) in [5.74, 6) is -3.82. The van der Waals surface area contributed by atoms with Crippen molar-refractivity contribution in [1.82, 2.24) is 0 Å². The van der Waals surface area contributed by atoms with E-state index < -0.39 is 17.5 Å². The van der Waals surface area contributed by atoms with Gasteiger partial charge in [0.05, 0.1) is 11.7 Å². The van der Waals surface area contributed by atoms with Crippen molar-refractivity contribution in [1.29, 1.82) is 0 Å². The minimum Gasteiger partial charge on any atom is -0.376 e. The Bertz CT molecular complexity index is 593. The first-order chi connectivity index (χ1) is 9.52. The lowest BCUT2D eigenvalue weighted by molar-refractivity contribution is 0.448. The Morgan fingerprint density at radius 2 is 1.60 bits per heavy atom. The Morgan fingerprint density at radius 3 is 2.20 bits per heavy atom. The maximum absolute atomic E-state index is 13.7. The molecule has 0 bridgehead atoms. The molecule has 0 fully saturated rings. The molecule has 20 heavy (non-hydrogen) atoms. The van der Waals surface area contributed by atoms with Crippen LogP contribution in [0.5, 0.6) is 0 Å². The number of halogens is 3. The fourth-order valence-corrected chi connectivity index (χ4v) is 2.04. The van der Waals surface area contributed by atoms with Gasteiger partial charge in [-0.15, -0.1) is 0 Å². The van der Waals surface area contributed by atoms with Gasteiger partial charge in [0.25, 0.3) is 0 Å². The molecule has 0 radical (unpaired) electrons. The predicted molar refractivity (Wildman–Crippen MR) is 74.1 cm³/mol. The highest BCUT2D eigenvalue weighted by Crippen LogP contribution is 2.26. The number of aryl methyl sites for hydroxylation is 1. The van der Waals surface area contributed by atoms with Gasteiger partial charge in [-0.25, -0.2) is 13.2 Å². The number of benzene rings is 2. The van der Waals surface area contributed by atoms with Crippen molar-refractivity contribution in [2.24, 2.45) is 0 Å². The fraction of sp³-hybridized carbons (Fsp3) is 0.250. The van der Waals surface area contributed by atoms with Crippen molar-refractivity contribution in [2.45, 2.75) is 26.3 Å². The van der Waals surface area contributed by atoms with Crippen LogP contribution in [-0.2, 0) is 0 Å². The van der Waals surface area contributed by atoms with Crippen molar-refractivity contribution in [2.75, 3.05) is 5.32 Å². The van der Waals surface area contributed by atoms with Crippen LogP contribution in [0.25, 0.3) is 0 Å². The summed E-state index contributed by atoms with van der Waals surface area (Å²) >= 11 is 0. The van der Waals surface area contributed by atoms with Crippen LogP contribution in [0.1, 0.15) is 30.5 Å². The van der Waals surface area contributed by atoms with Gasteiger partial charge in [-0.3, -0.25) is 0 Å². The molecule has 0 aliphatic rings. The molecule has 0 aliphatic carbocycles. The first-order valence-electron chi connectivity index (χ1n) is 6.49. The Balaban J connectivity index is 2.27. The van der Waals surface area contributed by atoms with Gasteiger partial charge in [-0.1, -0.05) is 36.8 Å². The van der Waals surface area contributed by atoms with Crippen molar-refractivity contribution >= 4 is 5.69 Å². The molecule has 0 aromatic heterocycles. The summed E-state index contributed by atoms with van der Waals surface area (Å²) in [4.78, 5) is 0. The van der Waals surface area contributed by atoms with Crippen LogP contribution in [0.3, 0.4) is 0 Å². The molecule has 0 saturated heterocycles. The molecule has 4 heteroatoms. The summed E-state index contributed by atoms with van der Waals surface area (Å²) in [5.41, 5.74) is 2.07. The Labute approximate surface area is 116 Å². The standard InChI is InChI=1S/C16H16F3N/c1-3-13(11-6-4-10(2)5-7-11)20-14-9-8-12(17)15(18)16(14)19/h4-9,13,20H,3H2,1-2H3. The average Bonchev–Trinajstić information content (AvgIpc) is 2.45. The van der Waals surface area contributed by atoms with E-state index in [0.29, 0.717) is 6.42 Å². The van der Waals surface area contributed by atoms with Gasteiger partial charge in [-0.05, 0) is 31.0 Å². The Hall–Kier alpha value is -1.97. The molecule has 2 aromatic carbocycles. The number of rotatable bonds is 4. The molecule has 1 unspecified atom stereocenters. The van der Waals surface area contributed by atoms with E-state index in [2.05, 4.69) is 5.32 Å². The Morgan fingerprint density at radius 1 is 0.950 bits per heavy atom. The molecule has 2 aromatic rings. The first kappa shape index (κ1) is 14.4. The van der Waals surface area contributed by atoms with Crippen LogP contribution in [0.2, 0.25) is 0 Å². The molecule has 1 nitrogen and oxygen atoms in total. The molecular weight excluding hydrogens is 263 g/mol. The van der Waals surface area contributed by atoms with E-state index in [1.54, 1.807) is 0 Å². The summed E-state index contributed by atoms with van der Waals surface area (Å²) < 4.78 is 39.8. The maximum Gasteiger partial charge on any atom is 0.196 e. The van der Waals surface area contributed by atoms with E-state index in [0.717, 1.165) is 17.2 Å². The van der Waals surface area contributed by atoms with Gasteiger partial charge in [0.1, 0.15) is 0 Å². The van der Waals surface area contributed by atoms with Gasteiger partial charge in [0.2, 0.25) is 0 Å². The van der Waals surface area contributed by atoms with E-state index >= 15 is 0 Å². The molecular formula is C16H16F3N. The fourth-order valence-electron chi connectivity index (χ4n) is 2.04. The largest absolute Gasteiger partial charge is 0.376 e. The highest BCUT2D eigenvalue weighted by Gasteiger charge is 2.16. The molecule has 0 heterocycles. The van der Waals surface area contributed by atoms with E-state index in [-0.39, 0.29) is 11.7 Å². The van der Waals surface area contributed by atoms with Crippen LogP contribution < -0.4 is 5.32 Å². The first-order valence-corrected chi connectivity index (χ1v) is 6.49. The van der Waals surface area contributed by atoms with Crippen LogP contribution in [0.4, 0.5) is 18.9 Å². The molecule has 1 N–H and O–H groups in total. The van der Waals surface area contributed by atoms with Gasteiger partial charge in [0, 0.05) is 0 Å². The lowest BCUT2D eigenvalue weighted by Gasteiger charge is -2.19. The summed E-state index contributed by atoms with van der Waals surface area (Å²) in [6.07, 6.45) is 0.696. The molecule has 0 spiro atoms. The maximum atomic E-state index is 13.7. The minimum atomic E-state index is -1.45. The van der Waals surface area contributed by atoms with Gasteiger partial charge < -0.3 is 5.32 Å². The van der Waals surface area contributed by atoms with E-state index in [9.17, 15) is 13.2 Å². The molecule has 2 rings (SSSR count). The highest BCUT2D eigenvalue weighted by molar-refractivity contribution is 5.47. The van der Waals surface area contributed by atoms with E-state index in [1.807, 2.05) is 38.1 Å². The summed E-state index contributed by atoms with van der Waals surface area (Å²) in [6.45, 7) is 3.92. The second-order valence-electron chi connectivity index (χ2n) is 4.74. The number of nitrogens with one attached hydrogen (secondary N) is 1. The van der Waals surface area contributed by atoms with Crippen molar-refractivity contribution in [3.8, 4) is 0 Å². The third kappa shape index (κ3) is 2.95. The number of hydrogen-bond acceptors (Lipinski definition) is 1. The quantitative estimate of drug-likeness (QED) is 0.779. The average molecular weight is 279 g/mol. The summed E-state index contributed by atoms with van der Waals surface area (Å²) in [6, 6.07) is 9.77. The number of anilines is 1. The third-order valence-electron chi connectivity index (χ3n) is 3.25. The SMILES string of the molecule is CCC(Nc1ccc(F)c(F)c1F)c1ccc(C)cc1. The Kier molecular flexibility index (Phi) is 4.32. The zero-order valence-electron chi connectivity index (χ0n) is 11.4. The summed E-state index contributed by atoms with van der Waals surface area (Å²) in [7, 11) is 0. The zero-order valence-corrected chi connectivity index (χ0v) is 11.4. The summed E-state index contributed by atoms with van der Waals surface area (Å²) in [5, 5.41) is 2.92. The topological polar surface area (TPSA) is 12.0 Å². The minimum absolute atomic E-state index is 0.0312. The van der Waals surface area contributed by atoms with Crippen LogP contribution in [0.15, 0.2) is 36.4 Å². The van der Waals surface area contributed by atoms with Gasteiger partial charge in [-0.2, -0.15) is 0 Å². The van der Waals surface area contributed by atoms with E-state index in [4.69, 9.17) is 0 Å². The predicted octanol–water partition coefficient (Wildman–Crippen LogP) is 4.98. The normalized spacial score (nSPS) is 12.2. The second-order valence-corrected chi connectivity index (χ2v) is 4.74. The van der Waals surface area contributed by atoms with Crippen LogP contribution >= 0.6 is 0 Å². The lowest BCUT2D eigenvalue weighted by atomic mass is 10.0. The molecule has 106 valence electrons. The monoisotopic (exact) mass is 279 g/mol. The smallest absolute Gasteiger partial charge is 0.196 e. The zero-order chi connectivity index (χ0) is 14.7. The third-order valence-corrected chi connectivity index (χ3v) is 3.25. The van der Waals surface area contributed by atoms with Crippen molar-refractivity contribution in [3.05, 3.63) is 65.0 Å². The van der Waals surface area contributed by atoms with Gasteiger partial charge in [0.15, 0.2) is 17.5 Å². The van der Waals surface area contributed by atoms with Crippen molar-refractivity contribution in [3.63, 3.8) is 0 Å². The molecule has 0 saturated carbocycles. The van der Waals surface area contributed by atoms with Crippen molar-refractivity contribution < 1.29 is 13.2 Å². The second kappa shape index (κ2) is 5.99. The highest BCUT2D eigenvalue weighted by atomic mass is 19.2.